The van der Waals surface area contributed by atoms with Crippen LogP contribution < -0.4 is 9.47 Å². The summed E-state index contributed by atoms with van der Waals surface area (Å²) in [6, 6.07) is 3.10. The normalized spacial score (nSPS) is 11.8. The van der Waals surface area contributed by atoms with Crippen LogP contribution >= 0.6 is 11.8 Å². The number of ether oxygens (including phenoxy) is 2. The van der Waals surface area contributed by atoms with E-state index in [-0.39, 0.29) is 11.7 Å². The fourth-order valence-corrected chi connectivity index (χ4v) is 2.46. The summed E-state index contributed by atoms with van der Waals surface area (Å²) in [6.07, 6.45) is 0.745. The molecule has 1 unspecified atom stereocenters. The number of hydrogen-bond donors (Lipinski definition) is 0. The molecule has 0 amide bonds. The predicted molar refractivity (Wildman–Crippen MR) is 79.8 cm³/mol. The highest BCUT2D eigenvalue weighted by atomic mass is 32.2. The lowest BCUT2D eigenvalue weighted by Crippen LogP contribution is -2.04. The van der Waals surface area contributed by atoms with E-state index in [0.29, 0.717) is 36.0 Å². The molecule has 1 rings (SSSR count). The molecule has 0 N–H and O–H groups in total. The molecular weight excluding hydrogens is 277 g/mol. The highest BCUT2D eigenvalue weighted by Crippen LogP contribution is 2.34. The molecule has 0 spiro atoms. The van der Waals surface area contributed by atoms with E-state index in [2.05, 4.69) is 0 Å². The Labute approximate surface area is 124 Å². The maximum absolute atomic E-state index is 14.1. The first-order chi connectivity index (χ1) is 9.63. The molecule has 20 heavy (non-hydrogen) atoms. The third-order valence-electron chi connectivity index (χ3n) is 2.91. The van der Waals surface area contributed by atoms with Gasteiger partial charge in [0.25, 0.3) is 0 Å². The molecule has 1 aromatic rings. The van der Waals surface area contributed by atoms with E-state index in [0.717, 1.165) is 6.42 Å². The van der Waals surface area contributed by atoms with Crippen molar-refractivity contribution in [2.75, 3.05) is 19.0 Å². The SMILES string of the molecule is CCOc1cc(F)c(C(C)CCSC#N)cc1OCC. The number of nitrogens with zero attached hydrogens (tertiary/aromatic N) is 1. The van der Waals surface area contributed by atoms with Crippen LogP contribution in [0.1, 0.15) is 38.7 Å². The van der Waals surface area contributed by atoms with Gasteiger partial charge in [-0.2, -0.15) is 5.26 Å². The van der Waals surface area contributed by atoms with E-state index in [1.165, 1.54) is 17.8 Å². The molecule has 0 aliphatic carbocycles. The Morgan fingerprint density at radius 1 is 1.25 bits per heavy atom. The molecule has 1 atom stereocenters. The number of rotatable bonds is 8. The van der Waals surface area contributed by atoms with Crippen LogP contribution in [0, 0.1) is 16.5 Å². The van der Waals surface area contributed by atoms with Crippen molar-refractivity contribution in [3.05, 3.63) is 23.5 Å². The average molecular weight is 297 g/mol. The van der Waals surface area contributed by atoms with Crippen LogP contribution in [0.25, 0.3) is 0 Å². The van der Waals surface area contributed by atoms with Gasteiger partial charge in [-0.3, -0.25) is 0 Å². The van der Waals surface area contributed by atoms with Gasteiger partial charge in [0.15, 0.2) is 11.5 Å². The Balaban J connectivity index is 2.95. The summed E-state index contributed by atoms with van der Waals surface area (Å²) in [6.45, 7) is 6.65. The largest absolute Gasteiger partial charge is 0.490 e. The predicted octanol–water partition coefficient (Wildman–Crippen LogP) is 4.33. The summed E-state index contributed by atoms with van der Waals surface area (Å²) in [4.78, 5) is 0. The summed E-state index contributed by atoms with van der Waals surface area (Å²) in [5, 5.41) is 10.5. The van der Waals surface area contributed by atoms with Crippen LogP contribution in [-0.2, 0) is 0 Å². The highest BCUT2D eigenvalue weighted by Gasteiger charge is 2.16. The number of thiocyanates is 1. The van der Waals surface area contributed by atoms with Gasteiger partial charge in [-0.05, 0) is 49.6 Å². The second-order valence-corrected chi connectivity index (χ2v) is 5.20. The molecule has 5 heteroatoms. The number of hydrogen-bond acceptors (Lipinski definition) is 4. The number of halogens is 1. The maximum Gasteiger partial charge on any atom is 0.164 e. The van der Waals surface area contributed by atoms with Crippen molar-refractivity contribution >= 4 is 11.8 Å². The number of thioether (sulfide) groups is 1. The Kier molecular flexibility index (Phi) is 7.24. The Hall–Kier alpha value is -1.41. The van der Waals surface area contributed by atoms with Gasteiger partial charge in [-0.1, -0.05) is 6.92 Å². The van der Waals surface area contributed by atoms with Gasteiger partial charge in [0.1, 0.15) is 11.2 Å². The molecule has 1 aromatic carbocycles. The summed E-state index contributed by atoms with van der Waals surface area (Å²) < 4.78 is 25.0. The van der Waals surface area contributed by atoms with Crippen LogP contribution in [0.15, 0.2) is 12.1 Å². The van der Waals surface area contributed by atoms with Crippen LogP contribution in [0.3, 0.4) is 0 Å². The van der Waals surface area contributed by atoms with E-state index < -0.39 is 0 Å². The molecule has 3 nitrogen and oxygen atoms in total. The van der Waals surface area contributed by atoms with Crippen molar-refractivity contribution in [2.24, 2.45) is 0 Å². The fraction of sp³-hybridized carbons (Fsp3) is 0.533. The molecule has 0 saturated carbocycles. The lowest BCUT2D eigenvalue weighted by Gasteiger charge is -2.17. The van der Waals surface area contributed by atoms with Crippen molar-refractivity contribution in [2.45, 2.75) is 33.1 Å². The Morgan fingerprint density at radius 2 is 1.85 bits per heavy atom. The Morgan fingerprint density at radius 3 is 2.40 bits per heavy atom. The van der Waals surface area contributed by atoms with Gasteiger partial charge in [-0.15, -0.1) is 0 Å². The van der Waals surface area contributed by atoms with Crippen LogP contribution in [0.5, 0.6) is 11.5 Å². The first-order valence-electron chi connectivity index (χ1n) is 6.73. The molecular formula is C15H20FNO2S. The second kappa shape index (κ2) is 8.70. The molecule has 0 aliphatic rings. The maximum atomic E-state index is 14.1. The zero-order chi connectivity index (χ0) is 15.0. The molecule has 0 heterocycles. The smallest absolute Gasteiger partial charge is 0.164 e. The number of benzene rings is 1. The van der Waals surface area contributed by atoms with Gasteiger partial charge < -0.3 is 9.47 Å². The van der Waals surface area contributed by atoms with Crippen molar-refractivity contribution in [3.63, 3.8) is 0 Å². The summed E-state index contributed by atoms with van der Waals surface area (Å²) >= 11 is 1.19. The zero-order valence-electron chi connectivity index (χ0n) is 12.1. The Bertz CT molecular complexity index is 474. The second-order valence-electron chi connectivity index (χ2n) is 4.32. The van der Waals surface area contributed by atoms with Crippen molar-refractivity contribution in [1.29, 1.82) is 5.26 Å². The lowest BCUT2D eigenvalue weighted by molar-refractivity contribution is 0.285. The molecule has 110 valence electrons. The topological polar surface area (TPSA) is 42.2 Å². The third kappa shape index (κ3) is 4.61. The zero-order valence-corrected chi connectivity index (χ0v) is 12.9. The average Bonchev–Trinajstić information content (AvgIpc) is 2.42. The first kappa shape index (κ1) is 16.6. The third-order valence-corrected chi connectivity index (χ3v) is 3.48. The molecule has 0 fully saturated rings. The van der Waals surface area contributed by atoms with Gasteiger partial charge in [0, 0.05) is 11.8 Å². The minimum atomic E-state index is -0.286. The van der Waals surface area contributed by atoms with Gasteiger partial charge in [0.05, 0.1) is 13.2 Å². The molecule has 0 radical (unpaired) electrons. The van der Waals surface area contributed by atoms with Crippen LogP contribution in [-0.4, -0.2) is 19.0 Å². The first-order valence-corrected chi connectivity index (χ1v) is 7.72. The standard InChI is InChI=1S/C15H20FNO2S/c1-4-18-14-8-12(11(3)6-7-20-10-17)13(16)9-15(14)19-5-2/h8-9,11H,4-7H2,1-3H3. The van der Waals surface area contributed by atoms with Gasteiger partial charge in [-0.25, -0.2) is 4.39 Å². The summed E-state index contributed by atoms with van der Waals surface area (Å²) in [5.74, 6) is 1.45. The van der Waals surface area contributed by atoms with E-state index in [1.54, 1.807) is 6.07 Å². The molecule has 0 aromatic heterocycles. The minimum absolute atomic E-state index is 0.0331. The molecule has 0 aliphatic heterocycles. The van der Waals surface area contributed by atoms with E-state index >= 15 is 0 Å². The lowest BCUT2D eigenvalue weighted by atomic mass is 9.97. The van der Waals surface area contributed by atoms with Crippen LogP contribution in [0.2, 0.25) is 0 Å². The summed E-state index contributed by atoms with van der Waals surface area (Å²) in [7, 11) is 0. The highest BCUT2D eigenvalue weighted by molar-refractivity contribution is 8.03. The quantitative estimate of drug-likeness (QED) is 0.529. The van der Waals surface area contributed by atoms with Crippen molar-refractivity contribution in [1.82, 2.24) is 0 Å². The van der Waals surface area contributed by atoms with Crippen molar-refractivity contribution in [3.8, 4) is 16.9 Å². The minimum Gasteiger partial charge on any atom is -0.490 e. The molecule has 0 saturated heterocycles. The van der Waals surface area contributed by atoms with Crippen LogP contribution in [0.4, 0.5) is 4.39 Å². The summed E-state index contributed by atoms with van der Waals surface area (Å²) in [5.41, 5.74) is 0.607. The monoisotopic (exact) mass is 297 g/mol. The van der Waals surface area contributed by atoms with Gasteiger partial charge in [0.2, 0.25) is 0 Å². The van der Waals surface area contributed by atoms with E-state index in [1.807, 2.05) is 26.2 Å². The van der Waals surface area contributed by atoms with Crippen molar-refractivity contribution < 1.29 is 13.9 Å². The molecule has 0 bridgehead atoms. The number of nitriles is 1. The van der Waals surface area contributed by atoms with E-state index in [4.69, 9.17) is 14.7 Å². The van der Waals surface area contributed by atoms with E-state index in [9.17, 15) is 4.39 Å². The fourth-order valence-electron chi connectivity index (χ4n) is 1.90. The van der Waals surface area contributed by atoms with Gasteiger partial charge >= 0.3 is 0 Å².